The van der Waals surface area contributed by atoms with Crippen molar-refractivity contribution in [1.29, 1.82) is 0 Å². The molecule has 1 aromatic heterocycles. The molecule has 0 bridgehead atoms. The molecule has 116 valence electrons. The SMILES string of the molecule is C.Nc1ccc(S(=O)(=O)Nc2ccc3c(c2)B(O)OC3)cn1. The summed E-state index contributed by atoms with van der Waals surface area (Å²) in [4.78, 5) is 3.76. The molecule has 9 heteroatoms. The molecule has 0 atom stereocenters. The van der Waals surface area contributed by atoms with Crippen molar-refractivity contribution in [3.63, 3.8) is 0 Å². The first-order valence-electron chi connectivity index (χ1n) is 6.12. The van der Waals surface area contributed by atoms with Gasteiger partial charge in [-0.2, -0.15) is 0 Å². The molecular weight excluding hydrogens is 305 g/mol. The van der Waals surface area contributed by atoms with Gasteiger partial charge in [-0.1, -0.05) is 13.5 Å². The number of sulfonamides is 1. The first-order valence-corrected chi connectivity index (χ1v) is 7.61. The second kappa shape index (κ2) is 5.95. The van der Waals surface area contributed by atoms with Gasteiger partial charge in [-0.25, -0.2) is 13.4 Å². The van der Waals surface area contributed by atoms with Crippen LogP contribution in [0.15, 0.2) is 41.4 Å². The van der Waals surface area contributed by atoms with Crippen LogP contribution < -0.4 is 15.9 Å². The maximum atomic E-state index is 12.2. The number of anilines is 2. The second-order valence-corrected chi connectivity index (χ2v) is 6.28. The highest BCUT2D eigenvalue weighted by molar-refractivity contribution is 7.92. The molecule has 0 radical (unpaired) electrons. The number of nitrogen functional groups attached to an aromatic ring is 1. The Kier molecular flexibility index (Phi) is 4.41. The third-order valence-electron chi connectivity index (χ3n) is 3.13. The van der Waals surface area contributed by atoms with E-state index in [1.807, 2.05) is 0 Å². The van der Waals surface area contributed by atoms with Crippen molar-refractivity contribution in [3.05, 3.63) is 42.1 Å². The van der Waals surface area contributed by atoms with E-state index >= 15 is 0 Å². The third kappa shape index (κ3) is 3.06. The minimum atomic E-state index is -3.76. The zero-order valence-corrected chi connectivity index (χ0v) is 11.7. The average Bonchev–Trinajstić information content (AvgIpc) is 2.80. The molecule has 2 aromatic rings. The number of hydrogen-bond donors (Lipinski definition) is 3. The first-order chi connectivity index (χ1) is 9.95. The topological polar surface area (TPSA) is 115 Å². The van der Waals surface area contributed by atoms with Gasteiger partial charge in [0.2, 0.25) is 0 Å². The Morgan fingerprint density at radius 1 is 1.32 bits per heavy atom. The number of pyridine rings is 1. The van der Waals surface area contributed by atoms with Gasteiger partial charge in [0.05, 0.1) is 6.61 Å². The van der Waals surface area contributed by atoms with E-state index < -0.39 is 17.1 Å². The van der Waals surface area contributed by atoms with Crippen molar-refractivity contribution in [2.45, 2.75) is 18.9 Å². The number of nitrogens with one attached hydrogen (secondary N) is 1. The summed E-state index contributed by atoms with van der Waals surface area (Å²) in [5, 5.41) is 9.63. The number of nitrogens with zero attached hydrogens (tertiary/aromatic N) is 1. The van der Waals surface area contributed by atoms with Crippen LogP contribution in [0.1, 0.15) is 13.0 Å². The molecule has 1 aromatic carbocycles. The average molecular weight is 321 g/mol. The normalized spacial score (nSPS) is 13.4. The van der Waals surface area contributed by atoms with Crippen LogP contribution in [0.4, 0.5) is 11.5 Å². The highest BCUT2D eigenvalue weighted by Gasteiger charge is 2.27. The summed E-state index contributed by atoms with van der Waals surface area (Å²) < 4.78 is 31.9. The lowest BCUT2D eigenvalue weighted by atomic mass is 9.79. The van der Waals surface area contributed by atoms with Crippen molar-refractivity contribution in [3.8, 4) is 0 Å². The fourth-order valence-corrected chi connectivity index (χ4v) is 3.04. The summed E-state index contributed by atoms with van der Waals surface area (Å²) in [5.74, 6) is 0.242. The van der Waals surface area contributed by atoms with Crippen LogP contribution in [-0.4, -0.2) is 25.5 Å². The number of nitrogens with two attached hydrogens (primary N) is 1. The molecule has 4 N–H and O–H groups in total. The van der Waals surface area contributed by atoms with E-state index in [2.05, 4.69) is 9.71 Å². The molecule has 1 aliphatic rings. The van der Waals surface area contributed by atoms with Gasteiger partial charge in [0.1, 0.15) is 10.7 Å². The molecule has 0 spiro atoms. The number of hydrogen-bond acceptors (Lipinski definition) is 6. The lowest BCUT2D eigenvalue weighted by molar-refractivity contribution is 0.275. The summed E-state index contributed by atoms with van der Waals surface area (Å²) in [6.07, 6.45) is 1.18. The molecule has 0 amide bonds. The summed E-state index contributed by atoms with van der Waals surface area (Å²) in [7, 11) is -4.78. The largest absolute Gasteiger partial charge is 0.491 e. The number of aromatic nitrogens is 1. The van der Waals surface area contributed by atoms with Crippen LogP contribution in [0.5, 0.6) is 0 Å². The lowest BCUT2D eigenvalue weighted by Gasteiger charge is -2.09. The molecule has 0 unspecified atom stereocenters. The molecule has 7 nitrogen and oxygen atoms in total. The molecule has 0 fully saturated rings. The summed E-state index contributed by atoms with van der Waals surface area (Å²) in [6, 6.07) is 7.66. The predicted octanol–water partition coefficient (Wildman–Crippen LogP) is 0.318. The highest BCUT2D eigenvalue weighted by atomic mass is 32.2. The van der Waals surface area contributed by atoms with Crippen LogP contribution in [-0.2, 0) is 21.3 Å². The fourth-order valence-electron chi connectivity index (χ4n) is 2.04. The van der Waals surface area contributed by atoms with Crippen molar-refractivity contribution >= 4 is 34.1 Å². The highest BCUT2D eigenvalue weighted by Crippen LogP contribution is 2.18. The standard InChI is InChI=1S/C12H12BN3O4S.CH4/c14-12-4-3-10(6-15-12)21(18,19)16-9-2-1-8-7-20-13(17)11(8)5-9;/h1-6,16-17H,7H2,(H2,14,15);1H4. The van der Waals surface area contributed by atoms with E-state index in [4.69, 9.17) is 10.4 Å². The van der Waals surface area contributed by atoms with Crippen molar-refractivity contribution < 1.29 is 18.1 Å². The van der Waals surface area contributed by atoms with Crippen LogP contribution in [0.25, 0.3) is 0 Å². The van der Waals surface area contributed by atoms with Gasteiger partial charge in [-0.3, -0.25) is 4.72 Å². The number of rotatable bonds is 3. The van der Waals surface area contributed by atoms with Gasteiger partial charge in [-0.15, -0.1) is 0 Å². The van der Waals surface area contributed by atoms with Crippen LogP contribution in [0.2, 0.25) is 0 Å². The zero-order chi connectivity index (χ0) is 15.0. The summed E-state index contributed by atoms with van der Waals surface area (Å²) in [6.45, 7) is 0.311. The fraction of sp³-hybridized carbons (Fsp3) is 0.154. The molecule has 1 aliphatic heterocycles. The van der Waals surface area contributed by atoms with Crippen LogP contribution >= 0.6 is 0 Å². The predicted molar refractivity (Wildman–Crippen MR) is 85.0 cm³/mol. The molecule has 22 heavy (non-hydrogen) atoms. The molecular formula is C13H16BN3O4S. The van der Waals surface area contributed by atoms with E-state index in [0.29, 0.717) is 17.8 Å². The van der Waals surface area contributed by atoms with Crippen molar-refractivity contribution in [2.24, 2.45) is 0 Å². The Morgan fingerprint density at radius 2 is 2.09 bits per heavy atom. The Hall–Kier alpha value is -2.10. The molecule has 2 heterocycles. The van der Waals surface area contributed by atoms with E-state index in [-0.39, 0.29) is 18.1 Å². The molecule has 3 rings (SSSR count). The van der Waals surface area contributed by atoms with Gasteiger partial charge >= 0.3 is 7.12 Å². The molecule has 0 aliphatic carbocycles. The van der Waals surface area contributed by atoms with Crippen LogP contribution in [0, 0.1) is 0 Å². The zero-order valence-electron chi connectivity index (χ0n) is 10.9. The monoisotopic (exact) mass is 321 g/mol. The maximum absolute atomic E-state index is 12.2. The lowest BCUT2D eigenvalue weighted by Crippen LogP contribution is -2.28. The smallest absolute Gasteiger partial charge is 0.423 e. The van der Waals surface area contributed by atoms with Gasteiger partial charge in [0, 0.05) is 11.9 Å². The van der Waals surface area contributed by atoms with Crippen molar-refractivity contribution in [1.82, 2.24) is 4.98 Å². The van der Waals surface area contributed by atoms with E-state index in [1.54, 1.807) is 18.2 Å². The molecule has 0 saturated carbocycles. The van der Waals surface area contributed by atoms with E-state index in [9.17, 15) is 13.4 Å². The van der Waals surface area contributed by atoms with Crippen molar-refractivity contribution in [2.75, 3.05) is 10.5 Å². The third-order valence-corrected chi connectivity index (χ3v) is 4.50. The minimum absolute atomic E-state index is 0. The molecule has 0 saturated heterocycles. The van der Waals surface area contributed by atoms with Gasteiger partial charge in [0.15, 0.2) is 0 Å². The van der Waals surface area contributed by atoms with Gasteiger partial charge in [0.25, 0.3) is 10.0 Å². The first kappa shape index (κ1) is 16.3. The quantitative estimate of drug-likeness (QED) is 0.701. The maximum Gasteiger partial charge on any atom is 0.491 e. The Labute approximate surface area is 129 Å². The van der Waals surface area contributed by atoms with E-state index in [0.717, 1.165) is 5.56 Å². The Balaban J connectivity index is 0.00000176. The van der Waals surface area contributed by atoms with E-state index in [1.165, 1.54) is 18.3 Å². The Bertz CT molecular complexity index is 780. The van der Waals surface area contributed by atoms with Gasteiger partial charge < -0.3 is 15.4 Å². The Morgan fingerprint density at radius 3 is 2.77 bits per heavy atom. The second-order valence-electron chi connectivity index (χ2n) is 4.60. The van der Waals surface area contributed by atoms with Crippen LogP contribution in [0.3, 0.4) is 0 Å². The number of fused-ring (bicyclic) bond motifs is 1. The van der Waals surface area contributed by atoms with Gasteiger partial charge in [-0.05, 0) is 35.3 Å². The minimum Gasteiger partial charge on any atom is -0.423 e. The number of benzene rings is 1. The summed E-state index contributed by atoms with van der Waals surface area (Å²) >= 11 is 0. The summed E-state index contributed by atoms with van der Waals surface area (Å²) in [5.41, 5.74) is 7.17.